The van der Waals surface area contributed by atoms with Crippen LogP contribution in [-0.4, -0.2) is 48.4 Å². The molecule has 0 spiro atoms. The van der Waals surface area contributed by atoms with Gasteiger partial charge in [0.25, 0.3) is 5.56 Å². The summed E-state index contributed by atoms with van der Waals surface area (Å²) >= 11 is 0. The third-order valence-electron chi connectivity index (χ3n) is 6.65. The number of rotatable bonds is 6. The SMILES string of the molecule is COc1ccc(-c2ccc([C@H]3CN(c4nc(-c5ccncc5F)cc(=O)n4C)CCN3)cc2)c(OC)c1. The first-order valence-electron chi connectivity index (χ1n) is 12.0. The number of hydrogen-bond acceptors (Lipinski definition) is 7. The minimum Gasteiger partial charge on any atom is -0.497 e. The number of nitrogens with zero attached hydrogens (tertiary/aromatic N) is 4. The second-order valence-electron chi connectivity index (χ2n) is 8.84. The molecule has 190 valence electrons. The smallest absolute Gasteiger partial charge is 0.255 e. The molecule has 5 rings (SSSR count). The van der Waals surface area contributed by atoms with E-state index in [1.54, 1.807) is 21.3 Å². The number of benzene rings is 2. The Bertz CT molecular complexity index is 1470. The maximum atomic E-state index is 14.4. The molecule has 2 aromatic heterocycles. The van der Waals surface area contributed by atoms with Crippen molar-refractivity contribution in [1.29, 1.82) is 0 Å². The van der Waals surface area contributed by atoms with Gasteiger partial charge in [-0.15, -0.1) is 0 Å². The number of hydrogen-bond donors (Lipinski definition) is 1. The Labute approximate surface area is 214 Å². The first-order chi connectivity index (χ1) is 18.0. The predicted molar refractivity (Wildman–Crippen MR) is 141 cm³/mol. The van der Waals surface area contributed by atoms with Crippen LogP contribution in [0.25, 0.3) is 22.4 Å². The average Bonchev–Trinajstić information content (AvgIpc) is 2.94. The van der Waals surface area contributed by atoms with Crippen molar-refractivity contribution >= 4 is 5.95 Å². The van der Waals surface area contributed by atoms with Gasteiger partial charge in [0.2, 0.25) is 5.95 Å². The van der Waals surface area contributed by atoms with Crippen LogP contribution in [0.1, 0.15) is 11.6 Å². The molecule has 4 aromatic rings. The third-order valence-corrected chi connectivity index (χ3v) is 6.65. The van der Waals surface area contributed by atoms with Crippen molar-refractivity contribution in [2.24, 2.45) is 7.05 Å². The summed E-state index contributed by atoms with van der Waals surface area (Å²) in [6, 6.07) is 17.0. The monoisotopic (exact) mass is 501 g/mol. The van der Waals surface area contributed by atoms with Crippen LogP contribution >= 0.6 is 0 Å². The van der Waals surface area contributed by atoms with Crippen molar-refractivity contribution in [3.63, 3.8) is 0 Å². The lowest BCUT2D eigenvalue weighted by Crippen LogP contribution is -2.47. The first-order valence-corrected chi connectivity index (χ1v) is 12.0. The van der Waals surface area contributed by atoms with Crippen LogP contribution in [0, 0.1) is 5.82 Å². The molecular weight excluding hydrogens is 473 g/mol. The molecule has 9 heteroatoms. The van der Waals surface area contributed by atoms with Crippen LogP contribution in [-0.2, 0) is 7.05 Å². The van der Waals surface area contributed by atoms with Crippen LogP contribution in [0.3, 0.4) is 0 Å². The van der Waals surface area contributed by atoms with E-state index in [0.717, 1.165) is 34.4 Å². The van der Waals surface area contributed by atoms with E-state index in [-0.39, 0.29) is 17.2 Å². The molecule has 1 N–H and O–H groups in total. The molecule has 1 saturated heterocycles. The highest BCUT2D eigenvalue weighted by Gasteiger charge is 2.24. The standard InChI is InChI=1S/C28H28FN5O3/c1-33-27(35)15-24(22-10-11-30-16-23(22)29)32-28(33)34-13-12-31-25(17-34)19-6-4-18(5-7-19)21-9-8-20(36-2)14-26(21)37-3/h4-11,14-16,25,31H,12-13,17H2,1-3H3/t25-/m1/s1. The zero-order valence-corrected chi connectivity index (χ0v) is 20.9. The molecule has 0 unspecified atom stereocenters. The normalized spacial score (nSPS) is 15.5. The van der Waals surface area contributed by atoms with Gasteiger partial charge in [0.15, 0.2) is 5.82 Å². The lowest BCUT2D eigenvalue weighted by molar-refractivity contribution is 0.395. The fourth-order valence-electron chi connectivity index (χ4n) is 4.62. The van der Waals surface area contributed by atoms with E-state index in [2.05, 4.69) is 44.5 Å². The van der Waals surface area contributed by atoms with Gasteiger partial charge in [-0.2, -0.15) is 0 Å². The number of piperazine rings is 1. The van der Waals surface area contributed by atoms with Crippen LogP contribution in [0.2, 0.25) is 0 Å². The summed E-state index contributed by atoms with van der Waals surface area (Å²) in [5.74, 6) is 1.47. The molecule has 3 heterocycles. The largest absolute Gasteiger partial charge is 0.497 e. The highest BCUT2D eigenvalue weighted by atomic mass is 19.1. The Kier molecular flexibility index (Phi) is 6.87. The molecule has 1 aliphatic heterocycles. The highest BCUT2D eigenvalue weighted by molar-refractivity contribution is 5.72. The number of halogens is 1. The highest BCUT2D eigenvalue weighted by Crippen LogP contribution is 2.34. The van der Waals surface area contributed by atoms with Gasteiger partial charge in [-0.05, 0) is 29.3 Å². The second-order valence-corrected chi connectivity index (χ2v) is 8.84. The van der Waals surface area contributed by atoms with E-state index in [1.165, 1.54) is 22.9 Å². The molecule has 1 atom stereocenters. The number of anilines is 1. The van der Waals surface area contributed by atoms with E-state index in [0.29, 0.717) is 31.3 Å². The van der Waals surface area contributed by atoms with Crippen LogP contribution in [0.4, 0.5) is 10.3 Å². The predicted octanol–water partition coefficient (Wildman–Crippen LogP) is 3.82. The van der Waals surface area contributed by atoms with Crippen molar-refractivity contribution in [2.75, 3.05) is 38.8 Å². The van der Waals surface area contributed by atoms with Gasteiger partial charge in [0.1, 0.15) is 11.5 Å². The Morgan fingerprint density at radius 3 is 2.57 bits per heavy atom. The van der Waals surface area contributed by atoms with Crippen LogP contribution < -0.4 is 25.2 Å². The second kappa shape index (κ2) is 10.4. The molecule has 1 aliphatic rings. The van der Waals surface area contributed by atoms with Gasteiger partial charge in [-0.25, -0.2) is 9.37 Å². The van der Waals surface area contributed by atoms with Crippen molar-refractivity contribution in [1.82, 2.24) is 19.9 Å². The maximum Gasteiger partial charge on any atom is 0.255 e. The molecule has 2 aromatic carbocycles. The quantitative estimate of drug-likeness (QED) is 0.430. The summed E-state index contributed by atoms with van der Waals surface area (Å²) in [6.45, 7) is 1.98. The number of aromatic nitrogens is 3. The minimum atomic E-state index is -0.513. The van der Waals surface area contributed by atoms with Gasteiger partial charge in [-0.3, -0.25) is 14.3 Å². The van der Waals surface area contributed by atoms with Gasteiger partial charge in [-0.1, -0.05) is 24.3 Å². The fraction of sp³-hybridized carbons (Fsp3) is 0.250. The van der Waals surface area contributed by atoms with Crippen molar-refractivity contribution < 1.29 is 13.9 Å². The van der Waals surface area contributed by atoms with Crippen molar-refractivity contribution in [3.8, 4) is 33.9 Å². The van der Waals surface area contributed by atoms with Gasteiger partial charge in [0, 0.05) is 62.2 Å². The Morgan fingerprint density at radius 2 is 1.84 bits per heavy atom. The lowest BCUT2D eigenvalue weighted by atomic mass is 9.99. The molecule has 0 bridgehead atoms. The summed E-state index contributed by atoms with van der Waals surface area (Å²) in [5, 5.41) is 3.56. The number of pyridine rings is 1. The molecule has 8 nitrogen and oxygen atoms in total. The van der Waals surface area contributed by atoms with Gasteiger partial charge >= 0.3 is 0 Å². The van der Waals surface area contributed by atoms with Gasteiger partial charge in [0.05, 0.1) is 26.1 Å². The van der Waals surface area contributed by atoms with E-state index in [9.17, 15) is 9.18 Å². The van der Waals surface area contributed by atoms with Gasteiger partial charge < -0.3 is 19.7 Å². The summed E-state index contributed by atoms with van der Waals surface area (Å²) in [5.41, 5.74) is 3.43. The van der Waals surface area contributed by atoms with Crippen molar-refractivity contribution in [2.45, 2.75) is 6.04 Å². The Morgan fingerprint density at radius 1 is 1.03 bits per heavy atom. The topological polar surface area (TPSA) is 81.5 Å². The summed E-state index contributed by atoms with van der Waals surface area (Å²) < 4.78 is 26.7. The van der Waals surface area contributed by atoms with E-state index < -0.39 is 5.82 Å². The number of nitrogens with one attached hydrogen (secondary N) is 1. The fourth-order valence-corrected chi connectivity index (χ4v) is 4.62. The maximum absolute atomic E-state index is 14.4. The van der Waals surface area contributed by atoms with Crippen LogP contribution in [0.5, 0.6) is 11.5 Å². The number of ether oxygens (including phenoxy) is 2. The Hall–Kier alpha value is -4.24. The summed E-state index contributed by atoms with van der Waals surface area (Å²) in [7, 11) is 4.96. The lowest BCUT2D eigenvalue weighted by Gasteiger charge is -2.35. The first kappa shape index (κ1) is 24.5. The molecule has 0 aliphatic carbocycles. The van der Waals surface area contributed by atoms with Crippen molar-refractivity contribution in [3.05, 3.63) is 88.7 Å². The zero-order valence-electron chi connectivity index (χ0n) is 20.9. The van der Waals surface area contributed by atoms with E-state index in [4.69, 9.17) is 9.47 Å². The Balaban J connectivity index is 1.40. The number of methoxy groups -OCH3 is 2. The van der Waals surface area contributed by atoms with E-state index in [1.807, 2.05) is 18.2 Å². The molecule has 1 fully saturated rings. The molecule has 0 saturated carbocycles. The van der Waals surface area contributed by atoms with E-state index >= 15 is 0 Å². The average molecular weight is 502 g/mol. The molecule has 37 heavy (non-hydrogen) atoms. The summed E-state index contributed by atoms with van der Waals surface area (Å²) in [4.78, 5) is 23.3. The minimum absolute atomic E-state index is 0.0267. The molecular formula is C28H28FN5O3. The zero-order chi connectivity index (χ0) is 25.9. The molecule has 0 amide bonds. The van der Waals surface area contributed by atoms with Crippen LogP contribution in [0.15, 0.2) is 71.8 Å². The summed E-state index contributed by atoms with van der Waals surface area (Å²) in [6.07, 6.45) is 2.61. The molecule has 0 radical (unpaired) electrons. The third kappa shape index (κ3) is 4.90.